The van der Waals surface area contributed by atoms with E-state index >= 15 is 0 Å². The summed E-state index contributed by atoms with van der Waals surface area (Å²) in [6, 6.07) is 9.21. The lowest BCUT2D eigenvalue weighted by molar-refractivity contribution is 0.0671. The number of hydrogen-bond donors (Lipinski definition) is 2. The van der Waals surface area contributed by atoms with Crippen LogP contribution in [-0.4, -0.2) is 15.5 Å². The first-order valence-corrected chi connectivity index (χ1v) is 5.58. The van der Waals surface area contributed by atoms with Gasteiger partial charge in [0.25, 0.3) is 0 Å². The van der Waals surface area contributed by atoms with Crippen molar-refractivity contribution < 1.29 is 8.78 Å². The zero-order chi connectivity index (χ0) is 13.7. The Morgan fingerprint density at radius 2 is 2.05 bits per heavy atom. The number of aromatic nitrogens is 2. The fraction of sp³-hybridized carbons (Fsp3) is 0.167. The smallest absolute Gasteiger partial charge is 0.319 e. The molecular weight excluding hydrogens is 379 g/mol. The van der Waals surface area contributed by atoms with Crippen LogP contribution in [0.4, 0.5) is 14.5 Å². The van der Waals surface area contributed by atoms with E-state index in [-0.39, 0.29) is 42.3 Å². The van der Waals surface area contributed by atoms with Crippen LogP contribution in [0.1, 0.15) is 12.4 Å². The lowest BCUT2D eigenvalue weighted by Gasteiger charge is -2.06. The van der Waals surface area contributed by atoms with Gasteiger partial charge in [0.15, 0.2) is 5.96 Å². The molecule has 108 valence electrons. The summed E-state index contributed by atoms with van der Waals surface area (Å²) in [5, 5.41) is 2.86. The minimum atomic E-state index is -2.63. The highest BCUT2D eigenvalue weighted by molar-refractivity contribution is 14.0. The third-order valence-electron chi connectivity index (χ3n) is 2.40. The molecule has 20 heavy (non-hydrogen) atoms. The van der Waals surface area contributed by atoms with Crippen LogP contribution in [0.2, 0.25) is 0 Å². The molecule has 0 bridgehead atoms. The standard InChI is InChI=1S/C12H13F2N5.HI/c13-11(14)19-7-6-16-10(19)8-17-12(15)18-9-4-2-1-3-5-9;/h1-7,11H,8H2,(H3,15,17,18);1H. The molecule has 5 nitrogen and oxygen atoms in total. The molecule has 0 saturated carbocycles. The lowest BCUT2D eigenvalue weighted by atomic mass is 10.3. The lowest BCUT2D eigenvalue weighted by Crippen LogP contribution is -2.22. The van der Waals surface area contributed by atoms with Crippen LogP contribution in [0.25, 0.3) is 0 Å². The van der Waals surface area contributed by atoms with Crippen LogP contribution < -0.4 is 11.1 Å². The molecule has 0 saturated heterocycles. The van der Waals surface area contributed by atoms with E-state index < -0.39 is 6.55 Å². The molecule has 2 rings (SSSR count). The van der Waals surface area contributed by atoms with E-state index in [4.69, 9.17) is 5.73 Å². The minimum Gasteiger partial charge on any atom is -0.370 e. The number of alkyl halides is 2. The second kappa shape index (κ2) is 7.78. The van der Waals surface area contributed by atoms with Crippen LogP contribution in [-0.2, 0) is 6.54 Å². The molecule has 3 N–H and O–H groups in total. The number of anilines is 1. The summed E-state index contributed by atoms with van der Waals surface area (Å²) in [6.45, 7) is -2.64. The van der Waals surface area contributed by atoms with E-state index in [1.807, 2.05) is 30.3 Å². The van der Waals surface area contributed by atoms with Gasteiger partial charge in [0.05, 0.1) is 0 Å². The molecule has 0 aliphatic rings. The summed E-state index contributed by atoms with van der Waals surface area (Å²) in [7, 11) is 0. The molecule has 1 aromatic carbocycles. The Morgan fingerprint density at radius 3 is 2.70 bits per heavy atom. The number of imidazole rings is 1. The summed E-state index contributed by atoms with van der Waals surface area (Å²) < 4.78 is 25.9. The zero-order valence-electron chi connectivity index (χ0n) is 10.4. The quantitative estimate of drug-likeness (QED) is 0.477. The average Bonchev–Trinajstić information content (AvgIpc) is 2.86. The number of halogens is 3. The Balaban J connectivity index is 0.00000200. The van der Waals surface area contributed by atoms with Gasteiger partial charge in [-0.15, -0.1) is 24.0 Å². The van der Waals surface area contributed by atoms with Crippen molar-refractivity contribution in [2.24, 2.45) is 10.7 Å². The summed E-state index contributed by atoms with van der Waals surface area (Å²) in [6.07, 6.45) is 2.51. The molecule has 1 heterocycles. The number of nitrogens with zero attached hydrogens (tertiary/aromatic N) is 3. The molecule has 0 atom stereocenters. The molecule has 0 fully saturated rings. The summed E-state index contributed by atoms with van der Waals surface area (Å²) in [4.78, 5) is 7.78. The number of hydrogen-bond acceptors (Lipinski definition) is 2. The number of aliphatic imine (C=N–C) groups is 1. The molecule has 0 amide bonds. The Hall–Kier alpha value is -1.71. The second-order valence-electron chi connectivity index (χ2n) is 3.72. The molecule has 0 aliphatic carbocycles. The third kappa shape index (κ3) is 4.44. The monoisotopic (exact) mass is 393 g/mol. The van der Waals surface area contributed by atoms with Gasteiger partial charge in [0.1, 0.15) is 12.4 Å². The van der Waals surface area contributed by atoms with Crippen molar-refractivity contribution in [1.29, 1.82) is 0 Å². The predicted molar refractivity (Wildman–Crippen MR) is 84.3 cm³/mol. The van der Waals surface area contributed by atoms with Crippen LogP contribution in [0, 0.1) is 0 Å². The van der Waals surface area contributed by atoms with E-state index in [0.29, 0.717) is 0 Å². The highest BCUT2D eigenvalue weighted by Gasteiger charge is 2.10. The van der Waals surface area contributed by atoms with Crippen LogP contribution >= 0.6 is 24.0 Å². The molecule has 0 unspecified atom stereocenters. The van der Waals surface area contributed by atoms with Crippen molar-refractivity contribution in [3.05, 3.63) is 48.5 Å². The zero-order valence-corrected chi connectivity index (χ0v) is 12.7. The molecular formula is C12H14F2IN5. The van der Waals surface area contributed by atoms with E-state index in [0.717, 1.165) is 10.3 Å². The maximum absolute atomic E-state index is 12.6. The maximum Gasteiger partial charge on any atom is 0.319 e. The van der Waals surface area contributed by atoms with Crippen molar-refractivity contribution in [2.75, 3.05) is 5.32 Å². The fourth-order valence-electron chi connectivity index (χ4n) is 1.51. The topological polar surface area (TPSA) is 68.2 Å². The van der Waals surface area contributed by atoms with Crippen molar-refractivity contribution in [3.63, 3.8) is 0 Å². The van der Waals surface area contributed by atoms with Gasteiger partial charge in [0.2, 0.25) is 0 Å². The summed E-state index contributed by atoms with van der Waals surface area (Å²) in [5.74, 6) is 0.308. The van der Waals surface area contributed by atoms with Crippen LogP contribution in [0.5, 0.6) is 0 Å². The number of guanidine groups is 1. The molecule has 0 aliphatic heterocycles. The van der Waals surface area contributed by atoms with Gasteiger partial charge in [-0.05, 0) is 12.1 Å². The maximum atomic E-state index is 12.6. The van der Waals surface area contributed by atoms with Gasteiger partial charge in [-0.2, -0.15) is 8.78 Å². The van der Waals surface area contributed by atoms with E-state index in [1.54, 1.807) is 0 Å². The number of para-hydroxylation sites is 1. The number of rotatable bonds is 4. The van der Waals surface area contributed by atoms with Crippen LogP contribution in [0.15, 0.2) is 47.7 Å². The molecule has 1 aromatic heterocycles. The molecule has 0 radical (unpaired) electrons. The van der Waals surface area contributed by atoms with Crippen molar-refractivity contribution in [3.8, 4) is 0 Å². The van der Waals surface area contributed by atoms with Gasteiger partial charge in [0, 0.05) is 18.1 Å². The van der Waals surface area contributed by atoms with Gasteiger partial charge >= 0.3 is 6.55 Å². The largest absolute Gasteiger partial charge is 0.370 e. The normalized spacial score (nSPS) is 11.2. The predicted octanol–water partition coefficient (Wildman–Crippen LogP) is 2.82. The minimum absolute atomic E-state index is 0. The van der Waals surface area contributed by atoms with Crippen molar-refractivity contribution in [1.82, 2.24) is 9.55 Å². The first kappa shape index (κ1) is 16.3. The molecule has 8 heteroatoms. The Morgan fingerprint density at radius 1 is 1.35 bits per heavy atom. The SMILES string of the molecule is I.NC(=NCc1nccn1C(F)F)Nc1ccccc1. The van der Waals surface area contributed by atoms with E-state index in [1.165, 1.54) is 12.4 Å². The first-order chi connectivity index (χ1) is 9.16. The fourth-order valence-corrected chi connectivity index (χ4v) is 1.51. The van der Waals surface area contributed by atoms with Gasteiger partial charge in [-0.25, -0.2) is 9.98 Å². The van der Waals surface area contributed by atoms with Gasteiger partial charge in [-0.3, -0.25) is 4.57 Å². The van der Waals surface area contributed by atoms with E-state index in [9.17, 15) is 8.78 Å². The Kier molecular flexibility index (Phi) is 6.36. The first-order valence-electron chi connectivity index (χ1n) is 5.58. The van der Waals surface area contributed by atoms with E-state index in [2.05, 4.69) is 15.3 Å². The van der Waals surface area contributed by atoms with Gasteiger partial charge in [-0.1, -0.05) is 18.2 Å². The number of nitrogens with one attached hydrogen (secondary N) is 1. The Bertz CT molecular complexity index is 556. The van der Waals surface area contributed by atoms with Crippen molar-refractivity contribution in [2.45, 2.75) is 13.1 Å². The molecule has 2 aromatic rings. The average molecular weight is 393 g/mol. The number of benzene rings is 1. The summed E-state index contributed by atoms with van der Waals surface area (Å²) >= 11 is 0. The highest BCUT2D eigenvalue weighted by atomic mass is 127. The highest BCUT2D eigenvalue weighted by Crippen LogP contribution is 2.13. The number of nitrogens with two attached hydrogens (primary N) is 1. The Labute approximate surface area is 131 Å². The van der Waals surface area contributed by atoms with Crippen LogP contribution in [0.3, 0.4) is 0 Å². The van der Waals surface area contributed by atoms with Crippen molar-refractivity contribution >= 4 is 35.6 Å². The third-order valence-corrected chi connectivity index (χ3v) is 2.40. The molecule has 0 spiro atoms. The second-order valence-corrected chi connectivity index (χ2v) is 3.72. The van der Waals surface area contributed by atoms with Gasteiger partial charge < -0.3 is 11.1 Å². The summed E-state index contributed by atoms with van der Waals surface area (Å²) in [5.41, 5.74) is 6.44.